The summed E-state index contributed by atoms with van der Waals surface area (Å²) in [7, 11) is 0. The summed E-state index contributed by atoms with van der Waals surface area (Å²) in [6.07, 6.45) is 4.60. The third-order valence-corrected chi connectivity index (χ3v) is 4.29. The Balaban J connectivity index is 2.12. The predicted molar refractivity (Wildman–Crippen MR) is 65.2 cm³/mol. The molecule has 0 bridgehead atoms. The summed E-state index contributed by atoms with van der Waals surface area (Å²) in [4.78, 5) is 14.8. The molecule has 2 atom stereocenters. The van der Waals surface area contributed by atoms with Crippen molar-refractivity contribution in [1.29, 1.82) is 0 Å². The third-order valence-electron chi connectivity index (χ3n) is 4.29. The van der Waals surface area contributed by atoms with Gasteiger partial charge in [0.05, 0.1) is 0 Å². The average molecular weight is 224 g/mol. The van der Waals surface area contributed by atoms with Gasteiger partial charge >= 0.3 is 0 Å². The molecule has 0 spiro atoms. The van der Waals surface area contributed by atoms with Gasteiger partial charge < -0.3 is 10.2 Å². The number of piperazine rings is 1. The Morgan fingerprint density at radius 1 is 1.19 bits per heavy atom. The fourth-order valence-corrected chi connectivity index (χ4v) is 3.21. The zero-order chi connectivity index (χ0) is 11.8. The van der Waals surface area contributed by atoms with Crippen molar-refractivity contribution in [1.82, 2.24) is 10.2 Å². The molecule has 0 aromatic rings. The lowest BCUT2D eigenvalue weighted by Crippen LogP contribution is -2.59. The Kier molecular flexibility index (Phi) is 3.24. The van der Waals surface area contributed by atoms with Crippen LogP contribution < -0.4 is 5.32 Å². The molecule has 2 fully saturated rings. The molecule has 1 aliphatic heterocycles. The minimum Gasteiger partial charge on any atom is -0.334 e. The molecule has 0 aromatic carbocycles. The van der Waals surface area contributed by atoms with Gasteiger partial charge in [0.1, 0.15) is 0 Å². The molecule has 1 heterocycles. The van der Waals surface area contributed by atoms with Gasteiger partial charge in [-0.15, -0.1) is 0 Å². The molecular weight excluding hydrogens is 200 g/mol. The van der Waals surface area contributed by atoms with E-state index >= 15 is 0 Å². The molecule has 1 amide bonds. The van der Waals surface area contributed by atoms with E-state index in [2.05, 4.69) is 31.0 Å². The van der Waals surface area contributed by atoms with Crippen LogP contribution in [0.4, 0.5) is 0 Å². The van der Waals surface area contributed by atoms with Gasteiger partial charge in [0.2, 0.25) is 5.91 Å². The molecule has 2 aliphatic rings. The first kappa shape index (κ1) is 11.9. The molecule has 16 heavy (non-hydrogen) atoms. The minimum atomic E-state index is -0.0696. The SMILES string of the molecule is CC1CNCC(C)N1C(=O)C1(C)CCCC1. The topological polar surface area (TPSA) is 32.3 Å². The number of hydrogen-bond donors (Lipinski definition) is 1. The normalized spacial score (nSPS) is 34.1. The van der Waals surface area contributed by atoms with E-state index in [1.165, 1.54) is 12.8 Å². The van der Waals surface area contributed by atoms with E-state index in [0.717, 1.165) is 25.9 Å². The first-order chi connectivity index (χ1) is 7.54. The van der Waals surface area contributed by atoms with Crippen LogP contribution >= 0.6 is 0 Å². The number of rotatable bonds is 1. The van der Waals surface area contributed by atoms with Gasteiger partial charge in [0.15, 0.2) is 0 Å². The first-order valence-corrected chi connectivity index (χ1v) is 6.58. The maximum absolute atomic E-state index is 12.6. The lowest BCUT2D eigenvalue weighted by atomic mass is 9.86. The van der Waals surface area contributed by atoms with Gasteiger partial charge in [-0.05, 0) is 26.7 Å². The monoisotopic (exact) mass is 224 g/mol. The Bertz CT molecular complexity index is 261. The van der Waals surface area contributed by atoms with Gasteiger partial charge in [-0.2, -0.15) is 0 Å². The van der Waals surface area contributed by atoms with Crippen LogP contribution in [0, 0.1) is 5.41 Å². The number of carbonyl (C=O) groups excluding carboxylic acids is 1. The average Bonchev–Trinajstić information content (AvgIpc) is 2.66. The van der Waals surface area contributed by atoms with Crippen LogP contribution in [0.3, 0.4) is 0 Å². The van der Waals surface area contributed by atoms with E-state index < -0.39 is 0 Å². The van der Waals surface area contributed by atoms with Crippen LogP contribution in [0.5, 0.6) is 0 Å². The predicted octanol–water partition coefficient (Wildman–Crippen LogP) is 1.78. The molecule has 2 unspecified atom stereocenters. The maximum atomic E-state index is 12.6. The molecule has 1 aliphatic carbocycles. The van der Waals surface area contributed by atoms with E-state index in [0.29, 0.717) is 18.0 Å². The van der Waals surface area contributed by atoms with Crippen LogP contribution in [-0.4, -0.2) is 36.0 Å². The van der Waals surface area contributed by atoms with Crippen LogP contribution in [0.2, 0.25) is 0 Å². The number of amides is 1. The Morgan fingerprint density at radius 2 is 1.69 bits per heavy atom. The van der Waals surface area contributed by atoms with Gasteiger partial charge in [0.25, 0.3) is 0 Å². The highest BCUT2D eigenvalue weighted by molar-refractivity contribution is 5.83. The zero-order valence-corrected chi connectivity index (χ0v) is 10.8. The largest absolute Gasteiger partial charge is 0.334 e. The van der Waals surface area contributed by atoms with Crippen molar-refractivity contribution in [2.24, 2.45) is 5.41 Å². The van der Waals surface area contributed by atoms with E-state index in [1.54, 1.807) is 0 Å². The van der Waals surface area contributed by atoms with E-state index in [-0.39, 0.29) is 5.41 Å². The molecule has 3 nitrogen and oxygen atoms in total. The lowest BCUT2D eigenvalue weighted by molar-refractivity contribution is -0.146. The molecule has 1 saturated heterocycles. The van der Waals surface area contributed by atoms with Gasteiger partial charge in [-0.25, -0.2) is 0 Å². The highest BCUT2D eigenvalue weighted by Gasteiger charge is 2.42. The molecule has 2 rings (SSSR count). The van der Waals surface area contributed by atoms with E-state index in [4.69, 9.17) is 0 Å². The van der Waals surface area contributed by atoms with Crippen LogP contribution in [-0.2, 0) is 4.79 Å². The molecular formula is C13H24N2O. The van der Waals surface area contributed by atoms with Gasteiger partial charge in [-0.3, -0.25) is 4.79 Å². The van der Waals surface area contributed by atoms with Crippen LogP contribution in [0.1, 0.15) is 46.5 Å². The quantitative estimate of drug-likeness (QED) is 0.736. The summed E-state index contributed by atoms with van der Waals surface area (Å²) in [6.45, 7) is 8.33. The fraction of sp³-hybridized carbons (Fsp3) is 0.923. The Morgan fingerprint density at radius 3 is 2.19 bits per heavy atom. The van der Waals surface area contributed by atoms with Crippen molar-refractivity contribution >= 4 is 5.91 Å². The van der Waals surface area contributed by atoms with Gasteiger partial charge in [-0.1, -0.05) is 19.8 Å². The summed E-state index contributed by atoms with van der Waals surface area (Å²) >= 11 is 0. The molecule has 3 heteroatoms. The van der Waals surface area contributed by atoms with E-state index in [9.17, 15) is 4.79 Å². The molecule has 1 saturated carbocycles. The van der Waals surface area contributed by atoms with Crippen LogP contribution in [0.25, 0.3) is 0 Å². The standard InChI is InChI=1S/C13H24N2O/c1-10-8-14-9-11(2)15(10)12(16)13(3)6-4-5-7-13/h10-11,14H,4-9H2,1-3H3. The molecule has 0 radical (unpaired) electrons. The third kappa shape index (κ3) is 1.97. The number of nitrogens with zero attached hydrogens (tertiary/aromatic N) is 1. The first-order valence-electron chi connectivity index (χ1n) is 6.58. The Labute approximate surface area is 98.6 Å². The van der Waals surface area contributed by atoms with Crippen molar-refractivity contribution < 1.29 is 4.79 Å². The summed E-state index contributed by atoms with van der Waals surface area (Å²) in [5, 5.41) is 3.38. The Hall–Kier alpha value is -0.570. The van der Waals surface area contributed by atoms with Crippen molar-refractivity contribution in [3.63, 3.8) is 0 Å². The highest BCUT2D eigenvalue weighted by Crippen LogP contribution is 2.40. The van der Waals surface area contributed by atoms with Gasteiger partial charge in [0, 0.05) is 30.6 Å². The van der Waals surface area contributed by atoms with Crippen molar-refractivity contribution in [2.45, 2.75) is 58.5 Å². The zero-order valence-electron chi connectivity index (χ0n) is 10.8. The van der Waals surface area contributed by atoms with Crippen molar-refractivity contribution in [3.8, 4) is 0 Å². The number of carbonyl (C=O) groups is 1. The number of hydrogen-bond acceptors (Lipinski definition) is 2. The van der Waals surface area contributed by atoms with E-state index in [1.807, 2.05) is 0 Å². The smallest absolute Gasteiger partial charge is 0.229 e. The minimum absolute atomic E-state index is 0.0696. The fourth-order valence-electron chi connectivity index (χ4n) is 3.21. The summed E-state index contributed by atoms with van der Waals surface area (Å²) in [6, 6.07) is 0.683. The second-order valence-corrected chi connectivity index (χ2v) is 5.84. The summed E-state index contributed by atoms with van der Waals surface area (Å²) in [5.41, 5.74) is -0.0696. The van der Waals surface area contributed by atoms with Crippen molar-refractivity contribution in [2.75, 3.05) is 13.1 Å². The maximum Gasteiger partial charge on any atom is 0.229 e. The molecule has 0 aromatic heterocycles. The molecule has 1 N–H and O–H groups in total. The second-order valence-electron chi connectivity index (χ2n) is 5.84. The van der Waals surface area contributed by atoms with Crippen molar-refractivity contribution in [3.05, 3.63) is 0 Å². The number of nitrogens with one attached hydrogen (secondary N) is 1. The van der Waals surface area contributed by atoms with Crippen LogP contribution in [0.15, 0.2) is 0 Å². The molecule has 92 valence electrons. The summed E-state index contributed by atoms with van der Waals surface area (Å²) < 4.78 is 0. The highest BCUT2D eigenvalue weighted by atomic mass is 16.2. The summed E-state index contributed by atoms with van der Waals surface area (Å²) in [5.74, 6) is 0.395. The second kappa shape index (κ2) is 4.36. The lowest BCUT2D eigenvalue weighted by Gasteiger charge is -2.43.